The van der Waals surface area contributed by atoms with Gasteiger partial charge in [0, 0.05) is 0 Å². The van der Waals surface area contributed by atoms with E-state index in [-0.39, 0.29) is 6.54 Å². The maximum Gasteiger partial charge on any atom is 0.468 e. The summed E-state index contributed by atoms with van der Waals surface area (Å²) in [6, 6.07) is 0. The third-order valence-electron chi connectivity index (χ3n) is 2.20. The maximum atomic E-state index is 11.0. The van der Waals surface area contributed by atoms with Crippen LogP contribution in [-0.4, -0.2) is 53.8 Å². The molecule has 4 atom stereocenters. The average Bonchev–Trinajstić information content (AvgIpc) is 2.54. The van der Waals surface area contributed by atoms with Gasteiger partial charge in [0.15, 0.2) is 6.23 Å². The van der Waals surface area contributed by atoms with E-state index in [4.69, 9.17) is 10.5 Å². The molecule has 1 amide bonds. The van der Waals surface area contributed by atoms with Gasteiger partial charge in [-0.15, -0.1) is 0 Å². The molecule has 0 aromatic heterocycles. The van der Waals surface area contributed by atoms with Crippen molar-refractivity contribution >= 4 is 13.8 Å². The maximum absolute atomic E-state index is 11.0. The zero-order chi connectivity index (χ0) is 13.0. The van der Waals surface area contributed by atoms with Gasteiger partial charge >= 0.3 is 7.91 Å². The zero-order valence-corrected chi connectivity index (χ0v) is 9.58. The number of aliphatic hydroxyl groups excluding tert-OH is 2. The lowest BCUT2D eigenvalue weighted by atomic mass is 10.1. The monoisotopic (exact) mass is 268 g/mol. The van der Waals surface area contributed by atoms with Gasteiger partial charge in [-0.05, 0) is 0 Å². The minimum Gasteiger partial charge on any atom is -0.387 e. The smallest absolute Gasteiger partial charge is 0.387 e. The molecule has 0 aromatic rings. The van der Waals surface area contributed by atoms with Gasteiger partial charge in [0.05, 0.1) is 13.2 Å². The highest BCUT2D eigenvalue weighted by atomic mass is 31.1. The summed E-state index contributed by atoms with van der Waals surface area (Å²) in [7, 11) is -3.06. The van der Waals surface area contributed by atoms with Crippen molar-refractivity contribution in [3.63, 3.8) is 0 Å². The summed E-state index contributed by atoms with van der Waals surface area (Å²) in [6.07, 6.45) is -4.91. The molecule has 1 aliphatic rings. The highest BCUT2D eigenvalue weighted by Gasteiger charge is 2.43. The Balaban J connectivity index is 2.52. The summed E-state index contributed by atoms with van der Waals surface area (Å²) >= 11 is 0. The van der Waals surface area contributed by atoms with Crippen LogP contribution < -0.4 is 11.1 Å². The van der Waals surface area contributed by atoms with E-state index >= 15 is 0 Å². The van der Waals surface area contributed by atoms with Crippen LogP contribution in [0.4, 0.5) is 0 Å². The van der Waals surface area contributed by atoms with E-state index in [9.17, 15) is 24.1 Å². The first-order valence-corrected chi connectivity index (χ1v) is 5.83. The topological polar surface area (TPSA) is 148 Å². The van der Waals surface area contributed by atoms with E-state index < -0.39 is 45.0 Å². The highest BCUT2D eigenvalue weighted by Crippen LogP contribution is 2.21. The van der Waals surface area contributed by atoms with Crippen LogP contribution in [0.25, 0.3) is 0 Å². The molecule has 0 aliphatic carbocycles. The van der Waals surface area contributed by atoms with E-state index in [0.29, 0.717) is 0 Å². The van der Waals surface area contributed by atoms with E-state index in [2.05, 4.69) is 9.84 Å². The predicted molar refractivity (Wildman–Crippen MR) is 52.1 cm³/mol. The predicted octanol–water partition coefficient (Wildman–Crippen LogP) is -2.39. The molecule has 1 fully saturated rings. The molecule has 1 rings (SSSR count). The third kappa shape index (κ3) is 3.84. The number of carbonyl (C=O) groups is 1. The molecule has 0 aromatic carbocycles. The van der Waals surface area contributed by atoms with Crippen molar-refractivity contribution in [1.29, 1.82) is 0 Å². The number of carbonyl (C=O) groups excluding carboxylic acids is 1. The molecular weight excluding hydrogens is 255 g/mol. The molecule has 1 aliphatic heterocycles. The molecule has 17 heavy (non-hydrogen) atoms. The second kappa shape index (κ2) is 6.20. The van der Waals surface area contributed by atoms with Crippen LogP contribution in [0.2, 0.25) is 0 Å². The molecule has 0 spiro atoms. The van der Waals surface area contributed by atoms with Crippen LogP contribution in [0.1, 0.15) is 0 Å². The SMILES string of the molecule is NCC(=O)N[C@@H]1O[C@H](COP(=O)=O)[C@H](O)C1O. The molecule has 0 saturated carbocycles. The molecular formula is C7H13N2O7P. The van der Waals surface area contributed by atoms with Gasteiger partial charge in [-0.1, -0.05) is 0 Å². The van der Waals surface area contributed by atoms with Gasteiger partial charge in [-0.25, -0.2) is 9.13 Å². The summed E-state index contributed by atoms with van der Waals surface area (Å²) < 4.78 is 29.6. The standard InChI is InChI=1S/C7H13N2O7P/c8-1-4(10)9-7-6(12)5(11)3(16-7)2-15-17(13)14/h3,5-7,11-12H,1-2,8H2,(H,9,10)/t3-,5+,6?,7-/m1/s1. The van der Waals surface area contributed by atoms with Gasteiger partial charge in [0.25, 0.3) is 0 Å². The van der Waals surface area contributed by atoms with E-state index in [1.807, 2.05) is 0 Å². The normalized spacial score (nSPS) is 32.4. The Morgan fingerprint density at radius 2 is 2.06 bits per heavy atom. The van der Waals surface area contributed by atoms with E-state index in [0.717, 1.165) is 0 Å². The Kier molecular flexibility index (Phi) is 5.19. The lowest BCUT2D eigenvalue weighted by Crippen LogP contribution is -2.45. The summed E-state index contributed by atoms with van der Waals surface area (Å²) in [5.74, 6) is -0.572. The van der Waals surface area contributed by atoms with Gasteiger partial charge in [-0.3, -0.25) is 9.32 Å². The number of hydrogen-bond donors (Lipinski definition) is 4. The van der Waals surface area contributed by atoms with Gasteiger partial charge < -0.3 is 26.0 Å². The van der Waals surface area contributed by atoms with Gasteiger partial charge in [0.1, 0.15) is 18.3 Å². The van der Waals surface area contributed by atoms with Crippen LogP contribution in [-0.2, 0) is 23.2 Å². The van der Waals surface area contributed by atoms with Gasteiger partial charge in [-0.2, -0.15) is 0 Å². The Hall–Kier alpha value is -0.830. The second-order valence-electron chi connectivity index (χ2n) is 3.37. The fourth-order valence-corrected chi connectivity index (χ4v) is 1.63. The Morgan fingerprint density at radius 3 is 2.59 bits per heavy atom. The quantitative estimate of drug-likeness (QED) is 0.404. The Labute approximate surface area is 96.8 Å². The fourth-order valence-electron chi connectivity index (χ4n) is 1.36. The first-order valence-electron chi connectivity index (χ1n) is 4.74. The van der Waals surface area contributed by atoms with Crippen molar-refractivity contribution in [3.05, 3.63) is 0 Å². The molecule has 1 unspecified atom stereocenters. The lowest BCUT2D eigenvalue weighted by Gasteiger charge is -2.15. The van der Waals surface area contributed by atoms with Crippen molar-refractivity contribution < 1.29 is 33.4 Å². The van der Waals surface area contributed by atoms with E-state index in [1.54, 1.807) is 0 Å². The van der Waals surface area contributed by atoms with Crippen molar-refractivity contribution in [2.24, 2.45) is 5.73 Å². The van der Waals surface area contributed by atoms with Crippen molar-refractivity contribution in [3.8, 4) is 0 Å². The molecule has 0 bridgehead atoms. The Bertz CT molecular complexity index is 339. The molecule has 1 heterocycles. The Morgan fingerprint density at radius 1 is 1.41 bits per heavy atom. The number of hydrogen-bond acceptors (Lipinski definition) is 8. The zero-order valence-electron chi connectivity index (χ0n) is 8.68. The summed E-state index contributed by atoms with van der Waals surface area (Å²) in [4.78, 5) is 11.0. The first-order chi connectivity index (χ1) is 7.95. The van der Waals surface area contributed by atoms with Crippen molar-refractivity contribution in [2.45, 2.75) is 24.5 Å². The number of nitrogens with two attached hydrogens (primary N) is 1. The largest absolute Gasteiger partial charge is 0.468 e. The number of ether oxygens (including phenoxy) is 1. The van der Waals surface area contributed by atoms with Crippen LogP contribution in [0.15, 0.2) is 0 Å². The van der Waals surface area contributed by atoms with Crippen LogP contribution >= 0.6 is 7.91 Å². The number of nitrogens with one attached hydrogen (secondary N) is 1. The average molecular weight is 268 g/mol. The lowest BCUT2D eigenvalue weighted by molar-refractivity contribution is -0.126. The fraction of sp³-hybridized carbons (Fsp3) is 0.857. The van der Waals surface area contributed by atoms with Crippen molar-refractivity contribution in [2.75, 3.05) is 13.2 Å². The molecule has 10 heteroatoms. The summed E-state index contributed by atoms with van der Waals surface area (Å²) in [6.45, 7) is -0.734. The third-order valence-corrected chi connectivity index (χ3v) is 2.56. The highest BCUT2D eigenvalue weighted by molar-refractivity contribution is 7.24. The summed E-state index contributed by atoms with van der Waals surface area (Å²) in [5.41, 5.74) is 5.05. The van der Waals surface area contributed by atoms with Gasteiger partial charge in [0.2, 0.25) is 5.91 Å². The second-order valence-corrected chi connectivity index (χ2v) is 4.07. The van der Waals surface area contributed by atoms with E-state index in [1.165, 1.54) is 0 Å². The molecule has 5 N–H and O–H groups in total. The van der Waals surface area contributed by atoms with Crippen molar-refractivity contribution in [1.82, 2.24) is 5.32 Å². The molecule has 0 radical (unpaired) electrons. The first kappa shape index (κ1) is 14.2. The number of rotatable bonds is 5. The number of amides is 1. The number of aliphatic hydroxyl groups is 2. The van der Waals surface area contributed by atoms with Crippen LogP contribution in [0.3, 0.4) is 0 Å². The summed E-state index contributed by atoms with van der Waals surface area (Å²) in [5, 5.41) is 21.2. The van der Waals surface area contributed by atoms with Crippen LogP contribution in [0.5, 0.6) is 0 Å². The minimum absolute atomic E-state index is 0.295. The molecule has 1 saturated heterocycles. The molecule has 98 valence electrons. The van der Waals surface area contributed by atoms with Crippen LogP contribution in [0, 0.1) is 0 Å². The minimum atomic E-state index is -3.06. The molecule has 9 nitrogen and oxygen atoms in total.